The minimum Gasteiger partial charge on any atom is -0.462 e. The van der Waals surface area contributed by atoms with Crippen LogP contribution in [0.4, 0.5) is 0 Å². The molecule has 0 aliphatic carbocycles. The van der Waals surface area contributed by atoms with E-state index < -0.39 is 97.5 Å². The van der Waals surface area contributed by atoms with Gasteiger partial charge in [-0.1, -0.05) is 349 Å². The first-order valence-electron chi connectivity index (χ1n) is 39.6. The number of aliphatic hydroxyl groups is 1. The van der Waals surface area contributed by atoms with E-state index in [-0.39, 0.29) is 25.7 Å². The molecular formula is C76H148O17P2. The molecule has 2 unspecified atom stereocenters. The topological polar surface area (TPSA) is 237 Å². The molecule has 0 rings (SSSR count). The zero-order chi connectivity index (χ0) is 69.8. The first-order valence-corrected chi connectivity index (χ1v) is 42.6. The molecule has 0 aromatic heterocycles. The molecule has 0 amide bonds. The van der Waals surface area contributed by atoms with Crippen molar-refractivity contribution in [3.8, 4) is 0 Å². The lowest BCUT2D eigenvalue weighted by Crippen LogP contribution is -2.30. The molecule has 0 aromatic rings. The quantitative estimate of drug-likeness (QED) is 0.0222. The fraction of sp³-hybridized carbons (Fsp3) is 0.947. The van der Waals surface area contributed by atoms with Crippen LogP contribution in [0.25, 0.3) is 0 Å². The molecule has 0 fully saturated rings. The van der Waals surface area contributed by atoms with E-state index >= 15 is 0 Å². The van der Waals surface area contributed by atoms with E-state index in [2.05, 4.69) is 34.6 Å². The molecule has 95 heavy (non-hydrogen) atoms. The van der Waals surface area contributed by atoms with Gasteiger partial charge < -0.3 is 33.8 Å². The highest BCUT2D eigenvalue weighted by Crippen LogP contribution is 2.45. The van der Waals surface area contributed by atoms with Crippen LogP contribution in [0.3, 0.4) is 0 Å². The smallest absolute Gasteiger partial charge is 0.462 e. The summed E-state index contributed by atoms with van der Waals surface area (Å²) in [7, 11) is -9.91. The van der Waals surface area contributed by atoms with Crippen LogP contribution in [0.1, 0.15) is 401 Å². The maximum Gasteiger partial charge on any atom is 0.472 e. The van der Waals surface area contributed by atoms with Gasteiger partial charge in [-0.3, -0.25) is 37.3 Å². The Morgan fingerprint density at radius 1 is 0.284 bits per heavy atom. The number of phosphoric acid groups is 2. The van der Waals surface area contributed by atoms with Crippen LogP contribution >= 0.6 is 15.6 Å². The highest BCUT2D eigenvalue weighted by molar-refractivity contribution is 7.47. The molecule has 0 aliphatic rings. The van der Waals surface area contributed by atoms with E-state index in [4.69, 9.17) is 37.0 Å². The van der Waals surface area contributed by atoms with E-state index in [0.717, 1.165) is 102 Å². The van der Waals surface area contributed by atoms with Gasteiger partial charge in [0.25, 0.3) is 0 Å². The van der Waals surface area contributed by atoms with Crippen molar-refractivity contribution in [3.63, 3.8) is 0 Å². The SMILES string of the molecule is CCCCCCCCCCCCCCCCCCCCC(=O)OC[C@H](COP(=O)(O)OC[C@@H](O)COP(=O)(O)OC[C@@H](COC(=O)CCCCCCCCCC)OC(=O)CCCCCCCCCCC(C)C)OC(=O)CCCCCCCCCCCCCCCCCCCC. The predicted molar refractivity (Wildman–Crippen MR) is 386 cm³/mol. The molecule has 17 nitrogen and oxygen atoms in total. The lowest BCUT2D eigenvalue weighted by molar-refractivity contribution is -0.161. The average Bonchev–Trinajstić information content (AvgIpc) is 1.71. The minimum absolute atomic E-state index is 0.105. The van der Waals surface area contributed by atoms with Gasteiger partial charge in [-0.05, 0) is 31.6 Å². The van der Waals surface area contributed by atoms with Crippen LogP contribution < -0.4 is 0 Å². The van der Waals surface area contributed by atoms with Crippen LogP contribution in [-0.2, 0) is 65.4 Å². The third-order valence-corrected chi connectivity index (χ3v) is 19.7. The zero-order valence-electron chi connectivity index (χ0n) is 61.8. The third-order valence-electron chi connectivity index (χ3n) is 17.8. The van der Waals surface area contributed by atoms with Crippen molar-refractivity contribution < 1.29 is 80.2 Å². The largest absolute Gasteiger partial charge is 0.472 e. The van der Waals surface area contributed by atoms with Gasteiger partial charge in [0.15, 0.2) is 12.2 Å². The highest BCUT2D eigenvalue weighted by atomic mass is 31.2. The van der Waals surface area contributed by atoms with E-state index in [1.54, 1.807) is 0 Å². The Kier molecular flexibility index (Phi) is 67.7. The van der Waals surface area contributed by atoms with Gasteiger partial charge in [0.05, 0.1) is 26.4 Å². The molecule has 0 saturated heterocycles. The summed E-state index contributed by atoms with van der Waals surface area (Å²) in [5.41, 5.74) is 0. The summed E-state index contributed by atoms with van der Waals surface area (Å²) in [4.78, 5) is 72.7. The van der Waals surface area contributed by atoms with Gasteiger partial charge in [0.2, 0.25) is 0 Å². The molecular weight excluding hydrogens is 1250 g/mol. The van der Waals surface area contributed by atoms with E-state index in [0.29, 0.717) is 25.7 Å². The highest BCUT2D eigenvalue weighted by Gasteiger charge is 2.30. The van der Waals surface area contributed by atoms with Gasteiger partial charge in [0.1, 0.15) is 19.3 Å². The van der Waals surface area contributed by atoms with Crippen molar-refractivity contribution in [2.45, 2.75) is 419 Å². The summed E-state index contributed by atoms with van der Waals surface area (Å²) in [6, 6.07) is 0. The predicted octanol–water partition coefficient (Wildman–Crippen LogP) is 22.5. The molecule has 0 heterocycles. The monoisotopic (exact) mass is 1400 g/mol. The fourth-order valence-corrected chi connectivity index (χ4v) is 13.3. The van der Waals surface area contributed by atoms with Crippen molar-refractivity contribution in [2.75, 3.05) is 39.6 Å². The number of carbonyl (C=O) groups excluding carboxylic acids is 4. The lowest BCUT2D eigenvalue weighted by Gasteiger charge is -2.21. The van der Waals surface area contributed by atoms with E-state index in [1.807, 2.05) is 0 Å². The number of rotatable bonds is 76. The van der Waals surface area contributed by atoms with Crippen molar-refractivity contribution in [1.29, 1.82) is 0 Å². The van der Waals surface area contributed by atoms with Crippen LogP contribution in [0.15, 0.2) is 0 Å². The molecule has 0 aromatic carbocycles. The Bertz CT molecular complexity index is 1820. The molecule has 0 bridgehead atoms. The summed E-state index contributed by atoms with van der Waals surface area (Å²) in [5.74, 6) is -1.40. The maximum absolute atomic E-state index is 13.1. The van der Waals surface area contributed by atoms with E-state index in [9.17, 15) is 43.2 Å². The van der Waals surface area contributed by atoms with Crippen molar-refractivity contribution in [2.24, 2.45) is 5.92 Å². The number of unbranched alkanes of at least 4 members (excludes halogenated alkanes) is 48. The summed E-state index contributed by atoms with van der Waals surface area (Å²) >= 11 is 0. The maximum atomic E-state index is 13.1. The first kappa shape index (κ1) is 93.1. The Hall–Kier alpha value is -1.94. The van der Waals surface area contributed by atoms with Gasteiger partial charge in [-0.25, -0.2) is 9.13 Å². The van der Waals surface area contributed by atoms with E-state index in [1.165, 1.54) is 218 Å². The summed E-state index contributed by atoms with van der Waals surface area (Å²) in [6.07, 6.45) is 58.5. The molecule has 5 atom stereocenters. The molecule has 564 valence electrons. The van der Waals surface area contributed by atoms with Crippen molar-refractivity contribution in [1.82, 2.24) is 0 Å². The lowest BCUT2D eigenvalue weighted by atomic mass is 10.0. The number of hydrogen-bond acceptors (Lipinski definition) is 15. The van der Waals surface area contributed by atoms with Crippen molar-refractivity contribution >= 4 is 39.5 Å². The summed E-state index contributed by atoms with van der Waals surface area (Å²) < 4.78 is 68.4. The average molecular weight is 1400 g/mol. The molecule has 0 radical (unpaired) electrons. The van der Waals surface area contributed by atoms with Crippen molar-refractivity contribution in [3.05, 3.63) is 0 Å². The van der Waals surface area contributed by atoms with Crippen LogP contribution in [-0.4, -0.2) is 96.7 Å². The van der Waals surface area contributed by atoms with Crippen LogP contribution in [0.2, 0.25) is 0 Å². The van der Waals surface area contributed by atoms with Crippen LogP contribution in [0.5, 0.6) is 0 Å². The second-order valence-corrected chi connectivity index (χ2v) is 30.8. The first-order chi connectivity index (χ1) is 46.0. The number of esters is 4. The Balaban J connectivity index is 5.19. The number of phosphoric ester groups is 2. The Morgan fingerprint density at radius 3 is 0.716 bits per heavy atom. The van der Waals surface area contributed by atoms with Gasteiger partial charge in [0, 0.05) is 25.7 Å². The number of aliphatic hydroxyl groups excluding tert-OH is 1. The molecule has 0 aliphatic heterocycles. The number of carbonyl (C=O) groups is 4. The molecule has 0 saturated carbocycles. The van der Waals surface area contributed by atoms with Gasteiger partial charge in [-0.2, -0.15) is 0 Å². The summed E-state index contributed by atoms with van der Waals surface area (Å²) in [6.45, 7) is 7.22. The Morgan fingerprint density at radius 2 is 0.484 bits per heavy atom. The second-order valence-electron chi connectivity index (χ2n) is 27.9. The second kappa shape index (κ2) is 69.2. The molecule has 0 spiro atoms. The standard InChI is InChI=1S/C76H148O17P2/c1-6-9-12-15-18-21-23-25-27-29-31-33-35-37-39-45-50-55-60-74(79)87-66-72(92-75(80)61-56-51-46-40-38-36-34-32-30-28-26-24-22-19-16-13-10-7-2)68-91-95(84,85)89-64-70(77)63-88-94(82,83)90-67-71(65-86-73(78)59-54-49-44-20-17-14-11-8-3)93-76(81)62-57-52-47-42-41-43-48-53-58-69(4)5/h69-72,77H,6-68H2,1-5H3,(H,82,83)(H,84,85)/t70-,71+,72+/m0/s1. The Labute approximate surface area is 581 Å². The molecule has 3 N–H and O–H groups in total. The van der Waals surface area contributed by atoms with Gasteiger partial charge >= 0.3 is 39.5 Å². The normalized spacial score (nSPS) is 13.9. The minimum atomic E-state index is -4.96. The third kappa shape index (κ3) is 70.3. The van der Waals surface area contributed by atoms with Crippen LogP contribution in [0, 0.1) is 5.92 Å². The molecule has 19 heteroatoms. The summed E-state index contributed by atoms with van der Waals surface area (Å²) in [5, 5.41) is 10.6. The number of ether oxygens (including phenoxy) is 4. The fourth-order valence-electron chi connectivity index (χ4n) is 11.7. The number of hydrogen-bond donors (Lipinski definition) is 3. The van der Waals surface area contributed by atoms with Gasteiger partial charge in [-0.15, -0.1) is 0 Å². The zero-order valence-corrected chi connectivity index (χ0v) is 63.6.